The highest BCUT2D eigenvalue weighted by Crippen LogP contribution is 2.28. The fourth-order valence-corrected chi connectivity index (χ4v) is 3.19. The summed E-state index contributed by atoms with van der Waals surface area (Å²) in [6, 6.07) is 0.908. The number of piperazine rings is 1. The second kappa shape index (κ2) is 5.50. The Morgan fingerprint density at radius 3 is 2.72 bits per heavy atom. The van der Waals surface area contributed by atoms with Crippen LogP contribution in [0.4, 0.5) is 5.00 Å². The Balaban J connectivity index is 1.52. The third-order valence-corrected chi connectivity index (χ3v) is 4.46. The molecule has 1 N–H and O–H groups in total. The van der Waals surface area contributed by atoms with Gasteiger partial charge < -0.3 is 5.32 Å². The summed E-state index contributed by atoms with van der Waals surface area (Å²) in [6.45, 7) is 8.76. The first-order valence-corrected chi connectivity index (χ1v) is 7.65. The number of anilines is 1. The van der Waals surface area contributed by atoms with Crippen LogP contribution in [0.2, 0.25) is 0 Å². The van der Waals surface area contributed by atoms with Crippen LogP contribution in [-0.2, 0) is 6.54 Å². The molecule has 0 unspecified atom stereocenters. The second-order valence-electron chi connectivity index (χ2n) is 5.12. The molecule has 0 spiro atoms. The molecule has 6 heteroatoms. The molecule has 0 radical (unpaired) electrons. The van der Waals surface area contributed by atoms with Crippen molar-refractivity contribution in [2.45, 2.75) is 32.4 Å². The highest BCUT2D eigenvalue weighted by atomic mass is 32.1. The van der Waals surface area contributed by atoms with E-state index in [1.54, 1.807) is 0 Å². The zero-order valence-corrected chi connectivity index (χ0v) is 11.7. The largest absolute Gasteiger partial charge is 0.374 e. The van der Waals surface area contributed by atoms with Crippen LogP contribution >= 0.6 is 11.5 Å². The second-order valence-corrected chi connectivity index (χ2v) is 5.88. The number of rotatable bonds is 5. The average Bonchev–Trinajstić information content (AvgIpc) is 3.15. The molecule has 0 amide bonds. The fraction of sp³-hybridized carbons (Fsp3) is 0.833. The van der Waals surface area contributed by atoms with Crippen LogP contribution in [0.5, 0.6) is 0 Å². The van der Waals surface area contributed by atoms with E-state index in [-0.39, 0.29) is 0 Å². The van der Waals surface area contributed by atoms with Gasteiger partial charge in [-0.3, -0.25) is 9.80 Å². The highest BCUT2D eigenvalue weighted by molar-refractivity contribution is 7.10. The van der Waals surface area contributed by atoms with Crippen LogP contribution in [0.15, 0.2) is 0 Å². The molecule has 1 aromatic heterocycles. The van der Waals surface area contributed by atoms with E-state index in [1.165, 1.54) is 50.6 Å². The summed E-state index contributed by atoms with van der Waals surface area (Å²) >= 11 is 1.47. The molecule has 1 saturated heterocycles. The van der Waals surface area contributed by atoms with Crippen molar-refractivity contribution >= 4 is 16.5 Å². The zero-order chi connectivity index (χ0) is 12.4. The van der Waals surface area contributed by atoms with Crippen molar-refractivity contribution in [3.63, 3.8) is 0 Å². The fourth-order valence-electron chi connectivity index (χ4n) is 2.54. The maximum Gasteiger partial charge on any atom is 0.134 e. The number of hydrogen-bond acceptors (Lipinski definition) is 6. The predicted octanol–water partition coefficient (Wildman–Crippen LogP) is 1.25. The Hall–Kier alpha value is -0.720. The highest BCUT2D eigenvalue weighted by Gasteiger charge is 2.31. The first-order chi connectivity index (χ1) is 8.86. The van der Waals surface area contributed by atoms with Gasteiger partial charge in [-0.25, -0.2) is 0 Å². The first kappa shape index (κ1) is 12.3. The molecule has 5 nitrogen and oxygen atoms in total. The van der Waals surface area contributed by atoms with Crippen LogP contribution in [-0.4, -0.2) is 58.2 Å². The quantitative estimate of drug-likeness (QED) is 0.870. The molecule has 2 heterocycles. The summed E-state index contributed by atoms with van der Waals surface area (Å²) in [5.74, 6) is 0. The molecule has 1 saturated carbocycles. The summed E-state index contributed by atoms with van der Waals surface area (Å²) in [4.78, 5) is 5.14. The lowest BCUT2D eigenvalue weighted by atomic mass is 10.3. The van der Waals surface area contributed by atoms with Gasteiger partial charge in [0.05, 0.1) is 0 Å². The minimum atomic E-state index is 0.908. The number of nitrogens with one attached hydrogen (secondary N) is 1. The molecule has 0 aromatic carbocycles. The molecule has 1 aliphatic heterocycles. The third-order valence-electron chi connectivity index (χ3n) is 3.74. The van der Waals surface area contributed by atoms with Crippen molar-refractivity contribution in [3.05, 3.63) is 5.69 Å². The van der Waals surface area contributed by atoms with E-state index in [2.05, 4.69) is 31.6 Å². The van der Waals surface area contributed by atoms with E-state index in [4.69, 9.17) is 0 Å². The van der Waals surface area contributed by atoms with Crippen LogP contribution in [0, 0.1) is 0 Å². The zero-order valence-electron chi connectivity index (χ0n) is 10.9. The smallest absolute Gasteiger partial charge is 0.134 e. The summed E-state index contributed by atoms with van der Waals surface area (Å²) < 4.78 is 4.05. The molecule has 100 valence electrons. The van der Waals surface area contributed by atoms with Crippen LogP contribution in [0.3, 0.4) is 0 Å². The van der Waals surface area contributed by atoms with Crippen molar-refractivity contribution in [2.24, 2.45) is 0 Å². The van der Waals surface area contributed by atoms with E-state index in [0.29, 0.717) is 0 Å². The van der Waals surface area contributed by atoms with Gasteiger partial charge in [-0.05, 0) is 19.8 Å². The van der Waals surface area contributed by atoms with Gasteiger partial charge in [-0.1, -0.05) is 4.49 Å². The minimum absolute atomic E-state index is 0.908. The van der Waals surface area contributed by atoms with Crippen molar-refractivity contribution in [2.75, 3.05) is 38.0 Å². The number of nitrogens with zero attached hydrogens (tertiary/aromatic N) is 4. The SMILES string of the molecule is CCNc1snnc1CN1CCN(C2CC2)CC1. The average molecular weight is 267 g/mol. The Kier molecular flexibility index (Phi) is 3.77. The lowest BCUT2D eigenvalue weighted by Gasteiger charge is -2.34. The molecule has 3 rings (SSSR count). The molecule has 0 bridgehead atoms. The van der Waals surface area contributed by atoms with Gasteiger partial charge in [-0.2, -0.15) is 0 Å². The standard InChI is InChI=1S/C12H21N5S/c1-2-13-12-11(14-15-18-12)9-16-5-7-17(8-6-16)10-3-4-10/h10,13H,2-9H2,1H3. The summed E-state index contributed by atoms with van der Waals surface area (Å²) in [7, 11) is 0. The molecule has 2 fully saturated rings. The van der Waals surface area contributed by atoms with Crippen LogP contribution in [0.1, 0.15) is 25.5 Å². The van der Waals surface area contributed by atoms with Crippen molar-refractivity contribution in [3.8, 4) is 0 Å². The number of hydrogen-bond donors (Lipinski definition) is 1. The maximum absolute atomic E-state index is 4.25. The number of aromatic nitrogens is 2. The van der Waals surface area contributed by atoms with Gasteiger partial charge in [0, 0.05) is 56.8 Å². The van der Waals surface area contributed by atoms with Crippen LogP contribution in [0.25, 0.3) is 0 Å². The lowest BCUT2D eigenvalue weighted by molar-refractivity contribution is 0.120. The van der Waals surface area contributed by atoms with E-state index < -0.39 is 0 Å². The summed E-state index contributed by atoms with van der Waals surface area (Å²) in [5, 5.41) is 8.73. The van der Waals surface area contributed by atoms with E-state index in [1.807, 2.05) is 0 Å². The molecule has 0 atom stereocenters. The third kappa shape index (κ3) is 2.81. The van der Waals surface area contributed by atoms with Crippen molar-refractivity contribution in [1.29, 1.82) is 0 Å². The Morgan fingerprint density at radius 2 is 2.06 bits per heavy atom. The van der Waals surface area contributed by atoms with Gasteiger partial charge in [0.2, 0.25) is 0 Å². The van der Waals surface area contributed by atoms with Gasteiger partial charge >= 0.3 is 0 Å². The molecule has 1 aliphatic carbocycles. The normalized spacial score (nSPS) is 22.3. The van der Waals surface area contributed by atoms with Crippen LogP contribution < -0.4 is 5.32 Å². The Labute approximate surface area is 112 Å². The Morgan fingerprint density at radius 1 is 1.28 bits per heavy atom. The van der Waals surface area contributed by atoms with E-state index >= 15 is 0 Å². The minimum Gasteiger partial charge on any atom is -0.374 e. The van der Waals surface area contributed by atoms with Gasteiger partial charge in [0.25, 0.3) is 0 Å². The maximum atomic E-state index is 4.25. The van der Waals surface area contributed by atoms with E-state index in [9.17, 15) is 0 Å². The summed E-state index contributed by atoms with van der Waals surface area (Å²) in [6.07, 6.45) is 2.83. The molecule has 2 aliphatic rings. The molecule has 18 heavy (non-hydrogen) atoms. The lowest BCUT2D eigenvalue weighted by Crippen LogP contribution is -2.46. The monoisotopic (exact) mass is 267 g/mol. The first-order valence-electron chi connectivity index (χ1n) is 6.88. The van der Waals surface area contributed by atoms with Crippen molar-refractivity contribution < 1.29 is 0 Å². The molecule has 1 aromatic rings. The van der Waals surface area contributed by atoms with Gasteiger partial charge in [-0.15, -0.1) is 5.10 Å². The molecular weight excluding hydrogens is 246 g/mol. The molecular formula is C12H21N5S. The topological polar surface area (TPSA) is 44.3 Å². The Bertz CT molecular complexity index is 382. The van der Waals surface area contributed by atoms with Crippen molar-refractivity contribution in [1.82, 2.24) is 19.4 Å². The van der Waals surface area contributed by atoms with E-state index in [0.717, 1.165) is 29.8 Å². The summed E-state index contributed by atoms with van der Waals surface area (Å²) in [5.41, 5.74) is 1.11. The predicted molar refractivity (Wildman–Crippen MR) is 73.9 cm³/mol. The van der Waals surface area contributed by atoms with Gasteiger partial charge in [0.1, 0.15) is 10.7 Å². The van der Waals surface area contributed by atoms with Gasteiger partial charge in [0.15, 0.2) is 0 Å².